The SMILES string of the molecule is c1ccc2c(c1)NCC1COCCN=C21. The van der Waals surface area contributed by atoms with Gasteiger partial charge in [-0.3, -0.25) is 4.99 Å². The average molecular weight is 202 g/mol. The minimum atomic E-state index is 0.419. The lowest BCUT2D eigenvalue weighted by molar-refractivity contribution is 0.132. The maximum Gasteiger partial charge on any atom is 0.0662 e. The molecular weight excluding hydrogens is 188 g/mol. The summed E-state index contributed by atoms with van der Waals surface area (Å²) in [5.74, 6) is 0.419. The number of anilines is 1. The van der Waals surface area contributed by atoms with E-state index < -0.39 is 0 Å². The molecule has 0 radical (unpaired) electrons. The smallest absolute Gasteiger partial charge is 0.0662 e. The van der Waals surface area contributed by atoms with Crippen LogP contribution in [-0.4, -0.2) is 32.0 Å². The predicted octanol–water partition coefficient (Wildman–Crippen LogP) is 1.55. The highest BCUT2D eigenvalue weighted by atomic mass is 16.5. The summed E-state index contributed by atoms with van der Waals surface area (Å²) in [6, 6.07) is 8.37. The lowest BCUT2D eigenvalue weighted by Crippen LogP contribution is -2.32. The molecule has 0 spiro atoms. The Morgan fingerprint density at radius 2 is 2.27 bits per heavy atom. The molecule has 3 rings (SSSR count). The van der Waals surface area contributed by atoms with E-state index >= 15 is 0 Å². The van der Waals surface area contributed by atoms with Crippen LogP contribution in [0.25, 0.3) is 0 Å². The predicted molar refractivity (Wildman–Crippen MR) is 60.6 cm³/mol. The first kappa shape index (κ1) is 8.92. The number of fused-ring (bicyclic) bond motifs is 3. The fourth-order valence-corrected chi connectivity index (χ4v) is 2.22. The van der Waals surface area contributed by atoms with Crippen molar-refractivity contribution in [3.63, 3.8) is 0 Å². The zero-order valence-corrected chi connectivity index (χ0v) is 8.57. The van der Waals surface area contributed by atoms with Gasteiger partial charge in [0, 0.05) is 23.7 Å². The van der Waals surface area contributed by atoms with Gasteiger partial charge in [0.2, 0.25) is 0 Å². The van der Waals surface area contributed by atoms with Crippen molar-refractivity contribution >= 4 is 11.4 Å². The lowest BCUT2D eigenvalue weighted by atomic mass is 9.92. The largest absolute Gasteiger partial charge is 0.384 e. The summed E-state index contributed by atoms with van der Waals surface area (Å²) < 4.78 is 5.52. The summed E-state index contributed by atoms with van der Waals surface area (Å²) in [6.45, 7) is 3.28. The molecule has 0 fully saturated rings. The summed E-state index contributed by atoms with van der Waals surface area (Å²) in [7, 11) is 0. The Balaban J connectivity index is 2.06. The van der Waals surface area contributed by atoms with E-state index in [9.17, 15) is 0 Å². The highest BCUT2D eigenvalue weighted by Gasteiger charge is 2.26. The molecule has 78 valence electrons. The topological polar surface area (TPSA) is 33.6 Å². The van der Waals surface area contributed by atoms with Crippen molar-refractivity contribution in [1.82, 2.24) is 0 Å². The average Bonchev–Trinajstić information content (AvgIpc) is 2.54. The molecular formula is C12H14N2O. The third-order valence-corrected chi connectivity index (χ3v) is 2.97. The van der Waals surface area contributed by atoms with E-state index in [0.717, 1.165) is 26.3 Å². The Morgan fingerprint density at radius 3 is 3.27 bits per heavy atom. The fraction of sp³-hybridized carbons (Fsp3) is 0.417. The summed E-state index contributed by atoms with van der Waals surface area (Å²) in [5.41, 5.74) is 3.68. The number of hydrogen-bond donors (Lipinski definition) is 1. The monoisotopic (exact) mass is 202 g/mol. The Hall–Kier alpha value is -1.35. The molecule has 0 saturated carbocycles. The van der Waals surface area contributed by atoms with E-state index in [2.05, 4.69) is 34.6 Å². The van der Waals surface area contributed by atoms with Gasteiger partial charge in [0.25, 0.3) is 0 Å². The van der Waals surface area contributed by atoms with Crippen molar-refractivity contribution < 1.29 is 4.74 Å². The highest BCUT2D eigenvalue weighted by Crippen LogP contribution is 2.26. The molecule has 3 heteroatoms. The van der Waals surface area contributed by atoms with E-state index in [-0.39, 0.29) is 0 Å². The van der Waals surface area contributed by atoms with Gasteiger partial charge in [-0.05, 0) is 6.07 Å². The Kier molecular flexibility index (Phi) is 2.18. The van der Waals surface area contributed by atoms with Crippen LogP contribution in [0.3, 0.4) is 0 Å². The van der Waals surface area contributed by atoms with Crippen LogP contribution in [0.15, 0.2) is 29.3 Å². The third-order valence-electron chi connectivity index (χ3n) is 2.97. The molecule has 15 heavy (non-hydrogen) atoms. The number of aliphatic imine (C=N–C) groups is 1. The van der Waals surface area contributed by atoms with Crippen LogP contribution >= 0.6 is 0 Å². The van der Waals surface area contributed by atoms with E-state index in [4.69, 9.17) is 4.74 Å². The van der Waals surface area contributed by atoms with Crippen molar-refractivity contribution in [2.24, 2.45) is 10.9 Å². The minimum absolute atomic E-state index is 0.419. The Bertz CT molecular complexity index is 400. The molecule has 3 nitrogen and oxygen atoms in total. The first-order valence-corrected chi connectivity index (χ1v) is 5.40. The molecule has 1 N–H and O–H groups in total. The molecule has 2 aliphatic rings. The number of benzene rings is 1. The summed E-state index contributed by atoms with van der Waals surface area (Å²) >= 11 is 0. The van der Waals surface area contributed by atoms with Gasteiger partial charge >= 0.3 is 0 Å². The van der Waals surface area contributed by atoms with Gasteiger partial charge in [0.15, 0.2) is 0 Å². The molecule has 0 bridgehead atoms. The second-order valence-electron chi connectivity index (χ2n) is 3.97. The van der Waals surface area contributed by atoms with Crippen LogP contribution in [0.4, 0.5) is 5.69 Å². The standard InChI is InChI=1S/C12H14N2O/c1-2-4-11-10(3-1)12-9(7-14-11)8-15-6-5-13-12/h1-4,9,14H,5-8H2. The van der Waals surface area contributed by atoms with Crippen molar-refractivity contribution in [3.05, 3.63) is 29.8 Å². The molecule has 2 heterocycles. The maximum absolute atomic E-state index is 5.52. The maximum atomic E-state index is 5.52. The van der Waals surface area contributed by atoms with Crippen LogP contribution in [0.1, 0.15) is 5.56 Å². The molecule has 1 aromatic carbocycles. The highest BCUT2D eigenvalue weighted by molar-refractivity contribution is 6.08. The van der Waals surface area contributed by atoms with Crippen molar-refractivity contribution in [2.45, 2.75) is 0 Å². The Morgan fingerprint density at radius 1 is 1.33 bits per heavy atom. The van der Waals surface area contributed by atoms with Gasteiger partial charge in [0.05, 0.1) is 25.5 Å². The summed E-state index contributed by atoms with van der Waals surface area (Å²) in [4.78, 5) is 4.64. The van der Waals surface area contributed by atoms with Gasteiger partial charge in [-0.2, -0.15) is 0 Å². The van der Waals surface area contributed by atoms with Gasteiger partial charge in [-0.1, -0.05) is 18.2 Å². The van der Waals surface area contributed by atoms with Crippen LogP contribution in [0.2, 0.25) is 0 Å². The number of rotatable bonds is 0. The van der Waals surface area contributed by atoms with Gasteiger partial charge in [0.1, 0.15) is 0 Å². The number of hydrogen-bond acceptors (Lipinski definition) is 3. The van der Waals surface area contributed by atoms with Crippen LogP contribution in [-0.2, 0) is 4.74 Å². The molecule has 0 saturated heterocycles. The van der Waals surface area contributed by atoms with Crippen molar-refractivity contribution in [1.29, 1.82) is 0 Å². The fourth-order valence-electron chi connectivity index (χ4n) is 2.22. The van der Waals surface area contributed by atoms with Gasteiger partial charge < -0.3 is 10.1 Å². The molecule has 2 aliphatic heterocycles. The number of nitrogens with one attached hydrogen (secondary N) is 1. The minimum Gasteiger partial charge on any atom is -0.384 e. The lowest BCUT2D eigenvalue weighted by Gasteiger charge is -2.26. The molecule has 1 unspecified atom stereocenters. The normalized spacial score (nSPS) is 24.3. The quantitative estimate of drug-likeness (QED) is 0.692. The van der Waals surface area contributed by atoms with E-state index in [0.29, 0.717) is 5.92 Å². The molecule has 1 atom stereocenters. The molecule has 0 aliphatic carbocycles. The molecule has 0 amide bonds. The third kappa shape index (κ3) is 1.53. The second kappa shape index (κ2) is 3.66. The van der Waals surface area contributed by atoms with Crippen molar-refractivity contribution in [3.8, 4) is 0 Å². The Labute approximate surface area is 89.2 Å². The van der Waals surface area contributed by atoms with Gasteiger partial charge in [-0.15, -0.1) is 0 Å². The summed E-state index contributed by atoms with van der Waals surface area (Å²) in [5, 5.41) is 3.43. The summed E-state index contributed by atoms with van der Waals surface area (Å²) in [6.07, 6.45) is 0. The van der Waals surface area contributed by atoms with E-state index in [1.54, 1.807) is 0 Å². The van der Waals surface area contributed by atoms with Crippen LogP contribution in [0.5, 0.6) is 0 Å². The van der Waals surface area contributed by atoms with Crippen LogP contribution in [0, 0.1) is 5.92 Å². The second-order valence-corrected chi connectivity index (χ2v) is 3.97. The van der Waals surface area contributed by atoms with Gasteiger partial charge in [-0.25, -0.2) is 0 Å². The van der Waals surface area contributed by atoms with Crippen LogP contribution < -0.4 is 5.32 Å². The number of nitrogens with zero attached hydrogens (tertiary/aromatic N) is 1. The first-order valence-electron chi connectivity index (χ1n) is 5.40. The number of ether oxygens (including phenoxy) is 1. The zero-order valence-electron chi connectivity index (χ0n) is 8.57. The number of para-hydroxylation sites is 1. The van der Waals surface area contributed by atoms with E-state index in [1.165, 1.54) is 17.0 Å². The first-order chi connectivity index (χ1) is 7.45. The molecule has 1 aromatic rings. The molecule has 0 aromatic heterocycles. The van der Waals surface area contributed by atoms with Crippen molar-refractivity contribution in [2.75, 3.05) is 31.6 Å². The van der Waals surface area contributed by atoms with E-state index in [1.807, 2.05) is 0 Å². The zero-order chi connectivity index (χ0) is 10.1.